The van der Waals surface area contributed by atoms with Crippen LogP contribution in [0.2, 0.25) is 0 Å². The SMILES string of the molecule is C1=C(c2ccccc2)NC(c2ccccc2)N=C1n1c2ccccc2c2c3sccc3ccc21. The second-order valence-corrected chi connectivity index (χ2v) is 9.44. The molecule has 1 N–H and O–H groups in total. The predicted molar refractivity (Wildman–Crippen MR) is 144 cm³/mol. The average molecular weight is 456 g/mol. The van der Waals surface area contributed by atoms with Gasteiger partial charge in [-0.2, -0.15) is 0 Å². The van der Waals surface area contributed by atoms with Gasteiger partial charge in [0, 0.05) is 27.2 Å². The normalized spacial score (nSPS) is 15.9. The topological polar surface area (TPSA) is 29.3 Å². The van der Waals surface area contributed by atoms with Gasteiger partial charge in [0.05, 0.1) is 11.0 Å². The molecule has 0 aliphatic carbocycles. The molecular formula is C30H21N3S. The summed E-state index contributed by atoms with van der Waals surface area (Å²) in [5.41, 5.74) is 5.73. The lowest BCUT2D eigenvalue weighted by molar-refractivity contribution is 0.660. The van der Waals surface area contributed by atoms with Crippen molar-refractivity contribution in [3.63, 3.8) is 0 Å². The van der Waals surface area contributed by atoms with Crippen molar-refractivity contribution < 1.29 is 0 Å². The number of allylic oxidation sites excluding steroid dienone is 1. The van der Waals surface area contributed by atoms with Gasteiger partial charge in [0.2, 0.25) is 0 Å². The van der Waals surface area contributed by atoms with Crippen LogP contribution in [-0.4, -0.2) is 10.4 Å². The Morgan fingerprint density at radius 3 is 2.35 bits per heavy atom. The first-order chi connectivity index (χ1) is 16.9. The Labute approximate surface area is 201 Å². The van der Waals surface area contributed by atoms with Crippen molar-refractivity contribution >= 4 is 54.8 Å². The van der Waals surface area contributed by atoms with Gasteiger partial charge in [-0.3, -0.25) is 4.57 Å². The van der Waals surface area contributed by atoms with Gasteiger partial charge in [-0.25, -0.2) is 4.99 Å². The maximum Gasteiger partial charge on any atom is 0.147 e. The number of nitrogens with one attached hydrogen (secondary N) is 1. The predicted octanol–water partition coefficient (Wildman–Crippen LogP) is 7.60. The number of benzene rings is 4. The van der Waals surface area contributed by atoms with Crippen LogP contribution in [0.3, 0.4) is 0 Å². The fraction of sp³-hybridized carbons (Fsp3) is 0.0333. The maximum atomic E-state index is 5.23. The van der Waals surface area contributed by atoms with Gasteiger partial charge in [-0.05, 0) is 40.1 Å². The van der Waals surface area contributed by atoms with E-state index in [1.165, 1.54) is 31.9 Å². The second kappa shape index (κ2) is 7.72. The van der Waals surface area contributed by atoms with E-state index in [4.69, 9.17) is 4.99 Å². The first-order valence-electron chi connectivity index (χ1n) is 11.4. The molecular weight excluding hydrogens is 434 g/mol. The molecule has 1 atom stereocenters. The van der Waals surface area contributed by atoms with E-state index in [1.807, 2.05) is 6.07 Å². The number of rotatable bonds is 2. The fourth-order valence-electron chi connectivity index (χ4n) is 4.94. The molecule has 0 radical (unpaired) electrons. The molecule has 0 amide bonds. The molecule has 34 heavy (non-hydrogen) atoms. The lowest BCUT2D eigenvalue weighted by Gasteiger charge is -2.25. The van der Waals surface area contributed by atoms with E-state index < -0.39 is 0 Å². The molecule has 0 saturated heterocycles. The molecule has 4 heteroatoms. The van der Waals surface area contributed by atoms with Gasteiger partial charge in [0.15, 0.2) is 0 Å². The highest BCUT2D eigenvalue weighted by molar-refractivity contribution is 7.18. The molecule has 6 aromatic rings. The maximum absolute atomic E-state index is 5.23. The summed E-state index contributed by atoms with van der Waals surface area (Å²) in [7, 11) is 0. The van der Waals surface area contributed by atoms with Crippen LogP contribution in [0, 0.1) is 0 Å². The van der Waals surface area contributed by atoms with Crippen LogP contribution in [0.4, 0.5) is 0 Å². The van der Waals surface area contributed by atoms with Gasteiger partial charge in [-0.15, -0.1) is 11.3 Å². The zero-order valence-electron chi connectivity index (χ0n) is 18.3. The number of nitrogens with zero attached hydrogens (tertiary/aromatic N) is 2. The third-order valence-electron chi connectivity index (χ3n) is 6.51. The van der Waals surface area contributed by atoms with Crippen LogP contribution >= 0.6 is 11.3 Å². The molecule has 0 spiro atoms. The van der Waals surface area contributed by atoms with E-state index in [-0.39, 0.29) is 6.17 Å². The zero-order chi connectivity index (χ0) is 22.5. The van der Waals surface area contributed by atoms with Gasteiger partial charge in [0.25, 0.3) is 0 Å². The number of aliphatic imine (C=N–C) groups is 1. The first kappa shape index (κ1) is 19.3. The van der Waals surface area contributed by atoms with Crippen molar-refractivity contribution in [2.24, 2.45) is 4.99 Å². The van der Waals surface area contributed by atoms with Gasteiger partial charge in [-0.1, -0.05) is 84.9 Å². The molecule has 3 heterocycles. The van der Waals surface area contributed by atoms with Crippen molar-refractivity contribution in [1.82, 2.24) is 9.88 Å². The first-order valence-corrected chi connectivity index (χ1v) is 12.3. The molecule has 1 unspecified atom stereocenters. The Balaban J connectivity index is 1.53. The average Bonchev–Trinajstić information content (AvgIpc) is 3.52. The number of hydrogen-bond donors (Lipinski definition) is 1. The smallest absolute Gasteiger partial charge is 0.147 e. The Morgan fingerprint density at radius 1 is 0.735 bits per heavy atom. The van der Waals surface area contributed by atoms with Gasteiger partial charge in [0.1, 0.15) is 12.0 Å². The Hall–Kier alpha value is -4.15. The summed E-state index contributed by atoms with van der Waals surface area (Å²) < 4.78 is 3.65. The van der Waals surface area contributed by atoms with Crippen LogP contribution in [0.1, 0.15) is 17.3 Å². The Bertz CT molecular complexity index is 1720. The highest BCUT2D eigenvalue weighted by atomic mass is 32.1. The van der Waals surface area contributed by atoms with E-state index >= 15 is 0 Å². The van der Waals surface area contributed by atoms with Crippen molar-refractivity contribution in [3.8, 4) is 0 Å². The van der Waals surface area contributed by atoms with E-state index in [0.717, 1.165) is 22.7 Å². The summed E-state index contributed by atoms with van der Waals surface area (Å²) in [6, 6.07) is 36.3. The number of para-hydroxylation sites is 1. The highest BCUT2D eigenvalue weighted by Gasteiger charge is 2.22. The summed E-state index contributed by atoms with van der Waals surface area (Å²) in [6.07, 6.45) is 2.01. The lowest BCUT2D eigenvalue weighted by Crippen LogP contribution is -2.27. The van der Waals surface area contributed by atoms with E-state index in [2.05, 4.69) is 118 Å². The summed E-state index contributed by atoms with van der Waals surface area (Å²) in [6.45, 7) is 0. The van der Waals surface area contributed by atoms with Crippen LogP contribution < -0.4 is 5.32 Å². The third-order valence-corrected chi connectivity index (χ3v) is 7.46. The van der Waals surface area contributed by atoms with Crippen molar-refractivity contribution in [1.29, 1.82) is 0 Å². The molecule has 162 valence electrons. The minimum atomic E-state index is -0.168. The number of fused-ring (bicyclic) bond motifs is 5. The fourth-order valence-corrected chi connectivity index (χ4v) is 5.90. The molecule has 1 aliphatic heterocycles. The minimum Gasteiger partial charge on any atom is -0.359 e. The molecule has 0 fully saturated rings. The molecule has 0 saturated carbocycles. The van der Waals surface area contributed by atoms with Crippen LogP contribution in [0.25, 0.3) is 37.6 Å². The summed E-state index contributed by atoms with van der Waals surface area (Å²) in [5, 5.41) is 9.69. The molecule has 1 aliphatic rings. The number of hydrogen-bond acceptors (Lipinski definition) is 3. The quantitative estimate of drug-likeness (QED) is 0.286. The zero-order valence-corrected chi connectivity index (χ0v) is 19.2. The van der Waals surface area contributed by atoms with Gasteiger partial charge >= 0.3 is 0 Å². The third kappa shape index (κ3) is 3.00. The van der Waals surface area contributed by atoms with E-state index in [0.29, 0.717) is 0 Å². The molecule has 2 aromatic heterocycles. The monoisotopic (exact) mass is 455 g/mol. The van der Waals surface area contributed by atoms with Crippen LogP contribution in [0.15, 0.2) is 120 Å². The van der Waals surface area contributed by atoms with Crippen LogP contribution in [-0.2, 0) is 0 Å². The molecule has 3 nitrogen and oxygen atoms in total. The van der Waals surface area contributed by atoms with Crippen LogP contribution in [0.5, 0.6) is 0 Å². The van der Waals surface area contributed by atoms with Crippen molar-refractivity contribution in [2.75, 3.05) is 0 Å². The van der Waals surface area contributed by atoms with E-state index in [1.54, 1.807) is 11.3 Å². The summed E-state index contributed by atoms with van der Waals surface area (Å²) >= 11 is 1.81. The largest absolute Gasteiger partial charge is 0.359 e. The summed E-state index contributed by atoms with van der Waals surface area (Å²) in [5.74, 6) is 0.938. The van der Waals surface area contributed by atoms with Crippen molar-refractivity contribution in [2.45, 2.75) is 6.17 Å². The summed E-state index contributed by atoms with van der Waals surface area (Å²) in [4.78, 5) is 5.23. The van der Waals surface area contributed by atoms with Crippen molar-refractivity contribution in [3.05, 3.63) is 126 Å². The highest BCUT2D eigenvalue weighted by Crippen LogP contribution is 2.38. The second-order valence-electron chi connectivity index (χ2n) is 8.52. The molecule has 4 aromatic carbocycles. The lowest BCUT2D eigenvalue weighted by atomic mass is 10.1. The standard InChI is InChI=1S/C30H21N3S/c1-3-9-20(10-4-1)24-19-27(32-30(31-24)22-11-5-2-6-12-22)33-25-14-8-7-13-23(25)28-26(33)16-15-21-17-18-34-29(21)28/h1-19,30-31H. The minimum absolute atomic E-state index is 0.168. The van der Waals surface area contributed by atoms with Gasteiger partial charge < -0.3 is 5.32 Å². The number of aromatic nitrogens is 1. The Kier molecular flexibility index (Phi) is 4.39. The number of thiophene rings is 1. The molecule has 7 rings (SSSR count). The Morgan fingerprint density at radius 2 is 1.50 bits per heavy atom. The van der Waals surface area contributed by atoms with E-state index in [9.17, 15) is 0 Å². The molecule has 0 bridgehead atoms.